The van der Waals surface area contributed by atoms with Crippen LogP contribution in [0, 0.1) is 5.41 Å². The van der Waals surface area contributed by atoms with E-state index >= 15 is 0 Å². The second kappa shape index (κ2) is 18.8. The normalized spacial score (nSPS) is 21.9. The van der Waals surface area contributed by atoms with E-state index in [1.165, 1.54) is 13.8 Å². The molecule has 1 aliphatic rings. The summed E-state index contributed by atoms with van der Waals surface area (Å²) in [6, 6.07) is 0. The molecular formula is C24H38N7O19P3S. The number of nitrogens with one attached hydrogen (secondary N) is 2. The molecule has 3 rings (SSSR count). The van der Waals surface area contributed by atoms with Gasteiger partial charge >= 0.3 is 29.2 Å². The molecule has 30 heteroatoms. The Hall–Kier alpha value is -2.97. The van der Waals surface area contributed by atoms with Crippen molar-refractivity contribution in [2.24, 2.45) is 5.41 Å². The van der Waals surface area contributed by atoms with Crippen molar-refractivity contribution < 1.29 is 90.6 Å². The number of carboxylic acids is 1. The van der Waals surface area contributed by atoms with Crippen LogP contribution in [0.2, 0.25) is 0 Å². The molecule has 2 amide bonds. The number of nitrogens with two attached hydrogens (primary N) is 1. The van der Waals surface area contributed by atoms with Gasteiger partial charge in [-0.2, -0.15) is 0 Å². The Labute approximate surface area is 308 Å². The summed E-state index contributed by atoms with van der Waals surface area (Å²) in [5.74, 6) is -2.79. The van der Waals surface area contributed by atoms with Crippen molar-refractivity contribution in [2.75, 3.05) is 37.5 Å². The van der Waals surface area contributed by atoms with Crippen LogP contribution < -0.4 is 16.4 Å². The number of aromatic nitrogens is 4. The van der Waals surface area contributed by atoms with Crippen molar-refractivity contribution in [3.05, 3.63) is 12.7 Å². The van der Waals surface area contributed by atoms with E-state index in [2.05, 4.69) is 34.4 Å². The monoisotopic (exact) mass is 856 g/mol. The van der Waals surface area contributed by atoms with Crippen molar-refractivity contribution in [3.8, 4) is 0 Å². The van der Waals surface area contributed by atoms with E-state index in [-0.39, 0.29) is 42.2 Å². The number of rotatable bonds is 21. The summed E-state index contributed by atoms with van der Waals surface area (Å²) in [7, 11) is -16.1. The molecule has 0 aromatic carbocycles. The number of phosphoric acid groups is 2. The van der Waals surface area contributed by atoms with E-state index < -0.39 is 102 Å². The summed E-state index contributed by atoms with van der Waals surface area (Å²) >= 11 is 0.718. The number of carbonyl (C=O) groups excluding carboxylic acids is 3. The summed E-state index contributed by atoms with van der Waals surface area (Å²) in [6.07, 6.45) is -9.75. The summed E-state index contributed by atoms with van der Waals surface area (Å²) in [6.45, 7) is 1.30. The van der Waals surface area contributed by atoms with Crippen molar-refractivity contribution in [2.45, 2.75) is 57.5 Å². The third kappa shape index (κ3) is 13.6. The first-order valence-corrected chi connectivity index (χ1v) is 20.9. The molecule has 0 radical (unpaired) electrons. The predicted octanol–water partition coefficient (Wildman–Crippen LogP) is -1.86. The quantitative estimate of drug-likeness (QED) is 0.0285. The van der Waals surface area contributed by atoms with Gasteiger partial charge in [0.1, 0.15) is 30.5 Å². The maximum Gasteiger partial charge on any atom is 0.479 e. The number of aliphatic carboxylic acids is 1. The van der Waals surface area contributed by atoms with E-state index in [1.54, 1.807) is 0 Å². The second-order valence-electron chi connectivity index (χ2n) is 11.9. The third-order valence-corrected chi connectivity index (χ3v) is 11.1. The van der Waals surface area contributed by atoms with Crippen LogP contribution in [-0.4, -0.2) is 134 Å². The summed E-state index contributed by atoms with van der Waals surface area (Å²) in [5.41, 5.74) is 4.17. The molecule has 26 nitrogen and oxygen atoms in total. The number of amides is 2. The van der Waals surface area contributed by atoms with Crippen LogP contribution >= 0.6 is 35.0 Å². The number of hydrogen-bond donors (Lipinski definition) is 10. The molecule has 2 aromatic heterocycles. The van der Waals surface area contributed by atoms with Crippen LogP contribution in [0.4, 0.5) is 5.82 Å². The molecule has 2 unspecified atom stereocenters. The molecular weight excluding hydrogens is 818 g/mol. The van der Waals surface area contributed by atoms with E-state index in [4.69, 9.17) is 24.8 Å². The van der Waals surface area contributed by atoms with Crippen LogP contribution in [0.3, 0.4) is 0 Å². The van der Waals surface area contributed by atoms with Crippen LogP contribution in [0.25, 0.3) is 11.2 Å². The molecule has 11 N–H and O–H groups in total. The summed E-state index contributed by atoms with van der Waals surface area (Å²) < 4.78 is 62.3. The van der Waals surface area contributed by atoms with Gasteiger partial charge in [-0.25, -0.2) is 28.4 Å². The molecule has 3 heterocycles. The minimum Gasteiger partial charge on any atom is -0.481 e. The molecule has 304 valence electrons. The van der Waals surface area contributed by atoms with Crippen LogP contribution in [0.15, 0.2) is 12.7 Å². The van der Waals surface area contributed by atoms with Gasteiger partial charge in [0.25, 0.3) is 0 Å². The molecule has 54 heavy (non-hydrogen) atoms. The maximum absolute atomic E-state index is 12.7. The number of hydrogen-bond acceptors (Lipinski definition) is 19. The lowest BCUT2D eigenvalue weighted by molar-refractivity contribution is -0.165. The van der Waals surface area contributed by atoms with Crippen molar-refractivity contribution in [1.82, 2.24) is 30.2 Å². The van der Waals surface area contributed by atoms with Crippen molar-refractivity contribution in [3.63, 3.8) is 0 Å². The average molecular weight is 857 g/mol. The largest absolute Gasteiger partial charge is 0.481 e. The highest BCUT2D eigenvalue weighted by atomic mass is 32.2. The fourth-order valence-electron chi connectivity index (χ4n) is 4.38. The molecule has 0 saturated carbocycles. The lowest BCUT2D eigenvalue weighted by atomic mass is 9.87. The van der Waals surface area contributed by atoms with Crippen molar-refractivity contribution >= 4 is 74.9 Å². The first kappa shape index (κ1) is 45.4. The number of ether oxygens (including phenoxy) is 2. The third-order valence-electron chi connectivity index (χ3n) is 6.95. The molecule has 1 saturated heterocycles. The number of thioether (sulfide) groups is 1. The summed E-state index contributed by atoms with van der Waals surface area (Å²) in [5, 5.41) is 34.0. The number of carbonyl (C=O) groups is 4. The van der Waals surface area contributed by atoms with Gasteiger partial charge in [0.2, 0.25) is 11.8 Å². The van der Waals surface area contributed by atoms with Crippen molar-refractivity contribution in [1.29, 1.82) is 0 Å². The van der Waals surface area contributed by atoms with Gasteiger partial charge in [0.15, 0.2) is 41.6 Å². The lowest BCUT2D eigenvalue weighted by Crippen LogP contribution is -2.46. The number of anilines is 1. The number of imidazole rings is 1. The lowest BCUT2D eigenvalue weighted by Gasteiger charge is -2.30. The van der Waals surface area contributed by atoms with Gasteiger partial charge < -0.3 is 60.7 Å². The van der Waals surface area contributed by atoms with E-state index in [9.17, 15) is 62.7 Å². The molecule has 0 spiro atoms. The number of carboxylic acid groups (broad SMARTS) is 1. The second-order valence-corrected chi connectivity index (χ2v) is 17.6. The number of fused-ring (bicyclic) bond motifs is 1. The van der Waals surface area contributed by atoms with Gasteiger partial charge in [-0.3, -0.25) is 37.4 Å². The zero-order chi connectivity index (χ0) is 40.6. The number of nitrogens with zero attached hydrogens (tertiary/aromatic N) is 4. The Balaban J connectivity index is 1.51. The molecule has 1 aliphatic heterocycles. The Morgan fingerprint density at radius 3 is 2.43 bits per heavy atom. The molecule has 0 aliphatic carbocycles. The zero-order valence-corrected chi connectivity index (χ0v) is 31.6. The van der Waals surface area contributed by atoms with Gasteiger partial charge in [-0.15, -0.1) is 0 Å². The van der Waals surface area contributed by atoms with E-state index in [1.807, 2.05) is 0 Å². The van der Waals surface area contributed by atoms with Crippen LogP contribution in [0.5, 0.6) is 0 Å². The minimum atomic E-state index is -5.47. The summed E-state index contributed by atoms with van der Waals surface area (Å²) in [4.78, 5) is 97.1. The van der Waals surface area contributed by atoms with Gasteiger partial charge in [0, 0.05) is 30.7 Å². The highest BCUT2D eigenvalue weighted by Crippen LogP contribution is 2.60. The highest BCUT2D eigenvalue weighted by Gasteiger charge is 2.51. The fourth-order valence-corrected chi connectivity index (χ4v) is 8.08. The minimum absolute atomic E-state index is 0.00378. The van der Waals surface area contributed by atoms with Crippen LogP contribution in [0.1, 0.15) is 32.9 Å². The van der Waals surface area contributed by atoms with E-state index in [0.717, 1.165) is 29.0 Å². The molecule has 7 atom stereocenters. The van der Waals surface area contributed by atoms with Gasteiger partial charge in [-0.1, -0.05) is 25.6 Å². The molecule has 2 aromatic rings. The Morgan fingerprint density at radius 2 is 1.78 bits per heavy atom. The molecule has 1 fully saturated rings. The maximum atomic E-state index is 12.7. The average Bonchev–Trinajstić information content (AvgIpc) is 3.60. The molecule has 0 bridgehead atoms. The Bertz CT molecular complexity index is 1830. The first-order valence-electron chi connectivity index (χ1n) is 15.1. The Morgan fingerprint density at radius 1 is 1.09 bits per heavy atom. The number of aliphatic hydroxyl groups excluding tert-OH is 2. The first-order chi connectivity index (χ1) is 24.9. The fraction of sp³-hybridized carbons (Fsp3) is 0.625. The standard InChI is InChI=1S/C24H38N7O19P3S/c1-24(2,18(37)21(38)27-4-3-12(32)26-5-6-54-14(35)7-13(33)34)8-47-53(44,45)50-51(39,40)11-46-23-17(49-52(41,42)43)16(36)22(48-23)31-10-30-15-19(25)28-9-29-20(15)31/h9-10,16-18,22-23,36-37H,3-8,11H2,1-2H3,(H,26,32)(H,27,38)(H,33,34)(H,39,40)(H,44,45)(H2,25,28,29)(H2,41,42,43)/t16-,17+,18+,22-,23+/m1/s1/i7+1,13+1,14+1. The number of nitrogen functional groups attached to an aromatic ring is 1. The topological polar surface area (TPSA) is 401 Å². The highest BCUT2D eigenvalue weighted by molar-refractivity contribution is 8.13. The van der Waals surface area contributed by atoms with Gasteiger partial charge in [-0.05, 0) is 0 Å². The number of aliphatic hydroxyl groups is 2. The number of phosphoric ester groups is 2. The predicted molar refractivity (Wildman–Crippen MR) is 179 cm³/mol. The smallest absolute Gasteiger partial charge is 0.479 e. The Kier molecular flexibility index (Phi) is 15.8. The van der Waals surface area contributed by atoms with E-state index in [0.29, 0.717) is 0 Å². The van der Waals surface area contributed by atoms with Crippen LogP contribution in [-0.2, 0) is 55.7 Å². The zero-order valence-electron chi connectivity index (χ0n) is 28.1. The SMILES string of the molecule is CC(C)(COP(=O)(O)OP(=O)(O)CO[C@H]1O[C@@H](n2cnc3c(N)ncnc32)[C@H](O)[C@@H]1OP(=O)(O)O)[C@@H](O)C(=O)NCCC(=O)NCCS[13C](=O)[13CH2][13C](=O)O. The van der Waals surface area contributed by atoms with Gasteiger partial charge in [0.05, 0.1) is 12.9 Å².